The van der Waals surface area contributed by atoms with Gasteiger partial charge >= 0.3 is 19.8 Å². The van der Waals surface area contributed by atoms with Gasteiger partial charge in [0, 0.05) is 12.8 Å². The zero-order chi connectivity index (χ0) is 39.1. The first-order valence-corrected chi connectivity index (χ1v) is 22.1. The van der Waals surface area contributed by atoms with E-state index >= 15 is 0 Å². The van der Waals surface area contributed by atoms with Crippen LogP contribution < -0.4 is 0 Å². The highest BCUT2D eigenvalue weighted by molar-refractivity contribution is 7.47. The van der Waals surface area contributed by atoms with E-state index in [1.807, 2.05) is 0 Å². The molecule has 0 radical (unpaired) electrons. The quantitative estimate of drug-likeness (QED) is 0.0240. The van der Waals surface area contributed by atoms with E-state index in [1.54, 1.807) is 0 Å². The summed E-state index contributed by atoms with van der Waals surface area (Å²) in [5, 5.41) is 18.3. The van der Waals surface area contributed by atoms with Gasteiger partial charge in [0.05, 0.1) is 19.8 Å². The standard InChI is InChI=1S/C42H75O10P/c1-3-5-7-9-11-13-15-17-19-21-23-25-27-29-31-33-41(45)49-37-40(38-51-53(47,48)50-36-39(44)35-43)52-42(46)34-32-30-28-26-24-22-20-18-16-14-12-10-8-6-4-2/h6,8,12,14,17-20,39-40,43-44H,3-5,7,9-11,13,15-16,21-38H2,1-2H3,(H,47,48)/b8-6-,14-12-,19-17-,20-18-/t39-,40+/m0/s1. The number of aliphatic hydroxyl groups excluding tert-OH is 2. The van der Waals surface area contributed by atoms with Crippen molar-refractivity contribution in [2.24, 2.45) is 0 Å². The number of carbonyl (C=O) groups is 2. The van der Waals surface area contributed by atoms with Crippen LogP contribution in [0.1, 0.15) is 168 Å². The molecular formula is C42H75O10P. The monoisotopic (exact) mass is 771 g/mol. The summed E-state index contributed by atoms with van der Waals surface area (Å²) in [6.45, 7) is 2.22. The molecule has 0 fully saturated rings. The summed E-state index contributed by atoms with van der Waals surface area (Å²) in [5.74, 6) is -0.957. The number of hydrogen-bond donors (Lipinski definition) is 3. The van der Waals surface area contributed by atoms with E-state index in [9.17, 15) is 24.2 Å². The topological polar surface area (TPSA) is 149 Å². The van der Waals surface area contributed by atoms with Gasteiger partial charge in [0.2, 0.25) is 0 Å². The summed E-state index contributed by atoms with van der Waals surface area (Å²) in [6.07, 6.45) is 39.3. The van der Waals surface area contributed by atoms with E-state index in [0.717, 1.165) is 89.9 Å². The van der Waals surface area contributed by atoms with Crippen LogP contribution in [0.25, 0.3) is 0 Å². The Kier molecular flexibility index (Phi) is 36.7. The van der Waals surface area contributed by atoms with Gasteiger partial charge in [0.25, 0.3) is 0 Å². The maximum Gasteiger partial charge on any atom is 0.472 e. The molecule has 0 amide bonds. The Morgan fingerprint density at radius 1 is 0.585 bits per heavy atom. The molecule has 0 heterocycles. The first-order valence-electron chi connectivity index (χ1n) is 20.6. The Labute approximate surface area is 322 Å². The molecule has 10 nitrogen and oxygen atoms in total. The maximum atomic E-state index is 12.6. The maximum absolute atomic E-state index is 12.6. The summed E-state index contributed by atoms with van der Waals surface area (Å²) in [4.78, 5) is 34.9. The Bertz CT molecular complexity index is 1030. The number of phosphoric acid groups is 1. The zero-order valence-corrected chi connectivity index (χ0v) is 34.1. The summed E-state index contributed by atoms with van der Waals surface area (Å²) in [6, 6.07) is 0. The van der Waals surface area contributed by atoms with Crippen molar-refractivity contribution in [3.8, 4) is 0 Å². The van der Waals surface area contributed by atoms with Crippen LogP contribution in [-0.4, -0.2) is 65.7 Å². The molecule has 0 aliphatic heterocycles. The lowest BCUT2D eigenvalue weighted by molar-refractivity contribution is -0.161. The third-order valence-corrected chi connectivity index (χ3v) is 9.42. The van der Waals surface area contributed by atoms with Crippen LogP contribution >= 0.6 is 7.82 Å². The normalized spacial score (nSPS) is 14.4. The Balaban J connectivity index is 4.37. The van der Waals surface area contributed by atoms with E-state index in [-0.39, 0.29) is 19.4 Å². The third kappa shape index (κ3) is 38.0. The van der Waals surface area contributed by atoms with Gasteiger partial charge in [-0.15, -0.1) is 0 Å². The van der Waals surface area contributed by atoms with Crippen LogP contribution in [0.15, 0.2) is 48.6 Å². The van der Waals surface area contributed by atoms with E-state index < -0.39 is 51.8 Å². The molecule has 0 bridgehead atoms. The fraction of sp³-hybridized carbons (Fsp3) is 0.762. The predicted octanol–water partition coefficient (Wildman–Crippen LogP) is 10.6. The lowest BCUT2D eigenvalue weighted by Gasteiger charge is -2.20. The molecule has 0 spiro atoms. The van der Waals surface area contributed by atoms with E-state index in [0.29, 0.717) is 12.8 Å². The molecule has 0 aliphatic carbocycles. The molecule has 3 N–H and O–H groups in total. The summed E-state index contributed by atoms with van der Waals surface area (Å²) < 4.78 is 32.6. The minimum Gasteiger partial charge on any atom is -0.462 e. The second kappa shape index (κ2) is 38.2. The van der Waals surface area contributed by atoms with Gasteiger partial charge in [-0.2, -0.15) is 0 Å². The largest absolute Gasteiger partial charge is 0.472 e. The van der Waals surface area contributed by atoms with Crippen LogP contribution in [0.3, 0.4) is 0 Å². The Morgan fingerprint density at radius 2 is 1.04 bits per heavy atom. The fourth-order valence-electron chi connectivity index (χ4n) is 5.30. The molecule has 1 unspecified atom stereocenters. The van der Waals surface area contributed by atoms with Gasteiger partial charge in [-0.25, -0.2) is 4.57 Å². The van der Waals surface area contributed by atoms with Crippen molar-refractivity contribution in [3.63, 3.8) is 0 Å². The molecule has 11 heteroatoms. The number of hydrogen-bond acceptors (Lipinski definition) is 9. The molecule has 0 aromatic rings. The molecular weight excluding hydrogens is 695 g/mol. The van der Waals surface area contributed by atoms with Crippen LogP contribution in [0.4, 0.5) is 0 Å². The van der Waals surface area contributed by atoms with Crippen LogP contribution in [0, 0.1) is 0 Å². The van der Waals surface area contributed by atoms with Crippen LogP contribution in [0.5, 0.6) is 0 Å². The highest BCUT2D eigenvalue weighted by Crippen LogP contribution is 2.43. The zero-order valence-electron chi connectivity index (χ0n) is 33.2. The van der Waals surface area contributed by atoms with Crippen LogP contribution in [-0.2, 0) is 32.7 Å². The van der Waals surface area contributed by atoms with Crippen molar-refractivity contribution >= 4 is 19.8 Å². The van der Waals surface area contributed by atoms with E-state index in [1.165, 1.54) is 38.5 Å². The number of carbonyl (C=O) groups excluding carboxylic acids is 2. The second-order valence-electron chi connectivity index (χ2n) is 13.6. The van der Waals surface area contributed by atoms with Crippen molar-refractivity contribution in [1.29, 1.82) is 0 Å². The van der Waals surface area contributed by atoms with E-state index in [4.69, 9.17) is 19.1 Å². The lowest BCUT2D eigenvalue weighted by Crippen LogP contribution is -2.29. The number of esters is 2. The number of phosphoric ester groups is 1. The number of ether oxygens (including phenoxy) is 2. The van der Waals surface area contributed by atoms with Gasteiger partial charge < -0.3 is 24.6 Å². The van der Waals surface area contributed by atoms with E-state index in [2.05, 4.69) is 67.0 Å². The number of rotatable bonds is 38. The van der Waals surface area contributed by atoms with Gasteiger partial charge in [-0.3, -0.25) is 18.6 Å². The van der Waals surface area contributed by atoms with Crippen molar-refractivity contribution in [2.75, 3.05) is 26.4 Å². The molecule has 308 valence electrons. The summed E-state index contributed by atoms with van der Waals surface area (Å²) in [5.41, 5.74) is 0. The minimum atomic E-state index is -4.62. The first kappa shape index (κ1) is 50.9. The van der Waals surface area contributed by atoms with Crippen molar-refractivity contribution in [1.82, 2.24) is 0 Å². The molecule has 0 aliphatic rings. The highest BCUT2D eigenvalue weighted by atomic mass is 31.2. The predicted molar refractivity (Wildman–Crippen MR) is 214 cm³/mol. The molecule has 0 aromatic carbocycles. The first-order chi connectivity index (χ1) is 25.7. The van der Waals surface area contributed by atoms with Crippen LogP contribution in [0.2, 0.25) is 0 Å². The molecule has 0 saturated heterocycles. The number of allylic oxidation sites excluding steroid dienone is 8. The van der Waals surface area contributed by atoms with Crippen molar-refractivity contribution in [2.45, 2.75) is 180 Å². The van der Waals surface area contributed by atoms with Crippen molar-refractivity contribution in [3.05, 3.63) is 48.6 Å². The van der Waals surface area contributed by atoms with Gasteiger partial charge in [-0.1, -0.05) is 133 Å². The molecule has 53 heavy (non-hydrogen) atoms. The molecule has 0 rings (SSSR count). The van der Waals surface area contributed by atoms with Crippen molar-refractivity contribution < 1.29 is 47.8 Å². The van der Waals surface area contributed by atoms with Gasteiger partial charge in [0.15, 0.2) is 6.10 Å². The number of aliphatic hydroxyl groups is 2. The average Bonchev–Trinajstić information content (AvgIpc) is 3.14. The van der Waals surface area contributed by atoms with Gasteiger partial charge in [0.1, 0.15) is 12.7 Å². The lowest BCUT2D eigenvalue weighted by atomic mass is 10.1. The third-order valence-electron chi connectivity index (χ3n) is 8.47. The summed E-state index contributed by atoms with van der Waals surface area (Å²) in [7, 11) is -4.62. The second-order valence-corrected chi connectivity index (χ2v) is 15.1. The Morgan fingerprint density at radius 3 is 1.58 bits per heavy atom. The molecule has 3 atom stereocenters. The van der Waals surface area contributed by atoms with Gasteiger partial charge in [-0.05, 0) is 70.6 Å². The highest BCUT2D eigenvalue weighted by Gasteiger charge is 2.27. The average molecular weight is 771 g/mol. The molecule has 0 aromatic heterocycles. The minimum absolute atomic E-state index is 0.162. The molecule has 0 saturated carbocycles. The Hall–Kier alpha value is -2.07. The SMILES string of the molecule is CC/C=C\C/C=C\C/C=C\CCCCCCCC(=O)O[C@H](COC(=O)CCCCCCC/C=C\CCCCCCCC)COP(=O)(O)OC[C@@H](O)CO. The number of unbranched alkanes of at least 4 members (excludes halogenated alkanes) is 16. The fourth-order valence-corrected chi connectivity index (χ4v) is 6.08. The summed E-state index contributed by atoms with van der Waals surface area (Å²) >= 11 is 0. The smallest absolute Gasteiger partial charge is 0.462 e.